The predicted molar refractivity (Wildman–Crippen MR) is 39.1 cm³/mol. The van der Waals surface area contributed by atoms with Gasteiger partial charge < -0.3 is 0 Å². The van der Waals surface area contributed by atoms with E-state index in [1.807, 2.05) is 0 Å². The Morgan fingerprint density at radius 1 is 1.40 bits per heavy atom. The second-order valence-electron chi connectivity index (χ2n) is 2.96. The first-order valence-corrected chi connectivity index (χ1v) is 3.40. The third-order valence-electron chi connectivity index (χ3n) is 1.56. The molecule has 0 aromatic rings. The second-order valence-corrected chi connectivity index (χ2v) is 2.96. The van der Waals surface area contributed by atoms with Crippen molar-refractivity contribution < 1.29 is 8.78 Å². The molecule has 0 radical (unpaired) electrons. The lowest BCUT2D eigenvalue weighted by Gasteiger charge is -2.23. The molecule has 60 valence electrons. The summed E-state index contributed by atoms with van der Waals surface area (Å²) in [5.74, 6) is -3.37. The normalized spacial score (nSPS) is 15.4. The van der Waals surface area contributed by atoms with Gasteiger partial charge >= 0.3 is 0 Å². The molecule has 0 nitrogen and oxygen atoms in total. The molecule has 0 spiro atoms. The van der Waals surface area contributed by atoms with Crippen molar-refractivity contribution in [3.63, 3.8) is 0 Å². The Labute approximate surface area is 60.9 Å². The first kappa shape index (κ1) is 9.60. The van der Waals surface area contributed by atoms with Crippen molar-refractivity contribution in [1.29, 1.82) is 0 Å². The van der Waals surface area contributed by atoms with Gasteiger partial charge in [0.15, 0.2) is 0 Å². The third kappa shape index (κ3) is 2.46. The molecule has 0 saturated heterocycles. The number of halogens is 2. The van der Waals surface area contributed by atoms with E-state index in [0.717, 1.165) is 6.92 Å². The van der Waals surface area contributed by atoms with E-state index >= 15 is 0 Å². The van der Waals surface area contributed by atoms with E-state index in [1.165, 1.54) is 6.08 Å². The summed E-state index contributed by atoms with van der Waals surface area (Å²) in [5.41, 5.74) is 0. The van der Waals surface area contributed by atoms with Crippen LogP contribution in [0.2, 0.25) is 0 Å². The highest BCUT2D eigenvalue weighted by molar-refractivity contribution is 4.89. The fraction of sp³-hybridized carbons (Fsp3) is 0.750. The van der Waals surface area contributed by atoms with Crippen LogP contribution in [0.25, 0.3) is 0 Å². The molecule has 0 fully saturated rings. The van der Waals surface area contributed by atoms with Gasteiger partial charge in [0.2, 0.25) is 0 Å². The molecule has 1 atom stereocenters. The summed E-state index contributed by atoms with van der Waals surface area (Å²) >= 11 is 0. The topological polar surface area (TPSA) is 0 Å². The molecule has 1 unspecified atom stereocenters. The van der Waals surface area contributed by atoms with E-state index in [9.17, 15) is 8.78 Å². The summed E-state index contributed by atoms with van der Waals surface area (Å²) in [6.45, 7) is 7.83. The summed E-state index contributed by atoms with van der Waals surface area (Å²) in [4.78, 5) is 0. The highest BCUT2D eigenvalue weighted by Gasteiger charge is 2.33. The molecule has 0 aliphatic heterocycles. The van der Waals surface area contributed by atoms with Crippen molar-refractivity contribution in [3.8, 4) is 0 Å². The van der Waals surface area contributed by atoms with E-state index in [-0.39, 0.29) is 5.92 Å². The maximum absolute atomic E-state index is 12.6. The molecule has 0 aromatic carbocycles. The van der Waals surface area contributed by atoms with E-state index < -0.39 is 11.8 Å². The predicted octanol–water partition coefficient (Wildman–Crippen LogP) is 3.10. The van der Waals surface area contributed by atoms with Gasteiger partial charge in [0.1, 0.15) is 0 Å². The van der Waals surface area contributed by atoms with Crippen LogP contribution in [0.1, 0.15) is 20.8 Å². The van der Waals surface area contributed by atoms with Gasteiger partial charge in [0.25, 0.3) is 5.92 Å². The van der Waals surface area contributed by atoms with Crippen LogP contribution in [0.5, 0.6) is 0 Å². The average Bonchev–Trinajstić information content (AvgIpc) is 1.60. The van der Waals surface area contributed by atoms with Crippen molar-refractivity contribution in [2.75, 3.05) is 0 Å². The summed E-state index contributed by atoms with van der Waals surface area (Å²) in [7, 11) is 0. The van der Waals surface area contributed by atoms with Crippen LogP contribution in [-0.2, 0) is 0 Å². The van der Waals surface area contributed by atoms with Crippen molar-refractivity contribution in [2.45, 2.75) is 26.7 Å². The summed E-state index contributed by atoms with van der Waals surface area (Å²) in [5, 5.41) is 0. The summed E-state index contributed by atoms with van der Waals surface area (Å²) < 4.78 is 25.1. The quantitative estimate of drug-likeness (QED) is 0.539. The number of allylic oxidation sites excluding steroid dienone is 1. The van der Waals surface area contributed by atoms with Gasteiger partial charge in [-0.3, -0.25) is 0 Å². The lowest BCUT2D eigenvalue weighted by Crippen LogP contribution is -2.26. The zero-order valence-electron chi connectivity index (χ0n) is 6.70. The van der Waals surface area contributed by atoms with Crippen LogP contribution in [0.15, 0.2) is 12.7 Å². The zero-order valence-corrected chi connectivity index (χ0v) is 6.70. The van der Waals surface area contributed by atoms with E-state index in [4.69, 9.17) is 0 Å². The second kappa shape index (κ2) is 3.13. The van der Waals surface area contributed by atoms with Gasteiger partial charge in [-0.05, 0) is 12.8 Å². The Morgan fingerprint density at radius 3 is 1.80 bits per heavy atom. The lowest BCUT2D eigenvalue weighted by atomic mass is 9.91. The largest absolute Gasteiger partial charge is 0.251 e. The SMILES string of the molecule is C=CC(C(C)C)C(C)(F)F. The molecule has 10 heavy (non-hydrogen) atoms. The van der Waals surface area contributed by atoms with Gasteiger partial charge in [-0.15, -0.1) is 6.58 Å². The number of alkyl halides is 2. The summed E-state index contributed by atoms with van der Waals surface area (Å²) in [6.07, 6.45) is 1.32. The van der Waals surface area contributed by atoms with Gasteiger partial charge in [0.05, 0.1) is 0 Å². The minimum absolute atomic E-state index is 0.0440. The molecule has 0 rings (SSSR count). The molecular weight excluding hydrogens is 134 g/mol. The maximum Gasteiger partial charge on any atom is 0.251 e. The van der Waals surface area contributed by atoms with E-state index in [0.29, 0.717) is 0 Å². The first-order valence-electron chi connectivity index (χ1n) is 3.40. The average molecular weight is 148 g/mol. The molecule has 0 bridgehead atoms. The van der Waals surface area contributed by atoms with Crippen LogP contribution in [0.3, 0.4) is 0 Å². The molecule has 0 amide bonds. The molecular formula is C8H14F2. The molecule has 0 aromatic heterocycles. The lowest BCUT2D eigenvalue weighted by molar-refractivity contribution is -0.0366. The number of hydrogen-bond donors (Lipinski definition) is 0. The minimum atomic E-state index is -2.63. The van der Waals surface area contributed by atoms with Crippen molar-refractivity contribution >= 4 is 0 Å². The molecule has 0 aliphatic carbocycles. The molecule has 0 heterocycles. The van der Waals surface area contributed by atoms with Gasteiger partial charge in [-0.25, -0.2) is 8.78 Å². The van der Waals surface area contributed by atoms with Crippen LogP contribution in [-0.4, -0.2) is 5.92 Å². The van der Waals surface area contributed by atoms with Gasteiger partial charge in [0, 0.05) is 5.92 Å². The van der Waals surface area contributed by atoms with Gasteiger partial charge in [-0.1, -0.05) is 19.9 Å². The number of rotatable bonds is 3. The van der Waals surface area contributed by atoms with Crippen LogP contribution in [0, 0.1) is 11.8 Å². The molecule has 0 N–H and O–H groups in total. The minimum Gasteiger partial charge on any atom is -0.207 e. The van der Waals surface area contributed by atoms with Crippen LogP contribution < -0.4 is 0 Å². The Kier molecular flexibility index (Phi) is 3.00. The fourth-order valence-corrected chi connectivity index (χ4v) is 1.06. The third-order valence-corrected chi connectivity index (χ3v) is 1.56. The Balaban J connectivity index is 4.21. The van der Waals surface area contributed by atoms with Crippen molar-refractivity contribution in [3.05, 3.63) is 12.7 Å². The molecule has 0 saturated carbocycles. The molecule has 2 heteroatoms. The van der Waals surface area contributed by atoms with E-state index in [2.05, 4.69) is 6.58 Å². The standard InChI is InChI=1S/C8H14F2/c1-5-7(6(2)3)8(4,9)10/h5-7H,1H2,2-4H3. The fourth-order valence-electron chi connectivity index (χ4n) is 1.06. The van der Waals surface area contributed by atoms with E-state index in [1.54, 1.807) is 13.8 Å². The van der Waals surface area contributed by atoms with Crippen molar-refractivity contribution in [1.82, 2.24) is 0 Å². The van der Waals surface area contributed by atoms with Gasteiger partial charge in [-0.2, -0.15) is 0 Å². The Bertz CT molecular complexity index is 111. The Morgan fingerprint density at radius 2 is 1.80 bits per heavy atom. The maximum atomic E-state index is 12.6. The smallest absolute Gasteiger partial charge is 0.207 e. The summed E-state index contributed by atoms with van der Waals surface area (Å²) in [6, 6.07) is 0. The van der Waals surface area contributed by atoms with Crippen LogP contribution >= 0.6 is 0 Å². The highest BCUT2D eigenvalue weighted by atomic mass is 19.3. The number of hydrogen-bond acceptors (Lipinski definition) is 0. The monoisotopic (exact) mass is 148 g/mol. The zero-order chi connectivity index (χ0) is 8.36. The first-order chi connectivity index (χ1) is 4.39. The van der Waals surface area contributed by atoms with Crippen molar-refractivity contribution in [2.24, 2.45) is 11.8 Å². The highest BCUT2D eigenvalue weighted by Crippen LogP contribution is 2.30. The molecule has 0 aliphatic rings. The van der Waals surface area contributed by atoms with Crippen LogP contribution in [0.4, 0.5) is 8.78 Å². The Hall–Kier alpha value is -0.400.